The molecule has 0 radical (unpaired) electrons. The molecule has 0 saturated carbocycles. The second kappa shape index (κ2) is 5.50. The predicted octanol–water partition coefficient (Wildman–Crippen LogP) is 4.75. The van der Waals surface area contributed by atoms with E-state index in [2.05, 4.69) is 84.5 Å². The minimum atomic E-state index is 0.540. The van der Waals surface area contributed by atoms with Crippen LogP contribution in [-0.2, 0) is 20.4 Å². The Morgan fingerprint density at radius 2 is 1.57 bits per heavy atom. The van der Waals surface area contributed by atoms with Gasteiger partial charge in [-0.3, -0.25) is 0 Å². The quantitative estimate of drug-likeness (QED) is 0.720. The Balaban J connectivity index is 2.13. The van der Waals surface area contributed by atoms with Gasteiger partial charge in [-0.1, -0.05) is 0 Å². The fourth-order valence-electron chi connectivity index (χ4n) is 3.01. The van der Waals surface area contributed by atoms with Crippen LogP contribution in [0.25, 0.3) is 5.57 Å². The topological polar surface area (TPSA) is 3.24 Å². The van der Waals surface area contributed by atoms with Crippen LogP contribution in [0.15, 0.2) is 51.5 Å². The number of thioether (sulfide) groups is 1. The third kappa shape index (κ3) is 2.38. The zero-order valence-corrected chi connectivity index (χ0v) is 15.6. The summed E-state index contributed by atoms with van der Waals surface area (Å²) >= 11 is 4.35. The second-order valence-electron chi connectivity index (χ2n) is 5.93. The van der Waals surface area contributed by atoms with Crippen LogP contribution in [0.3, 0.4) is 0 Å². The molecule has 1 unspecified atom stereocenters. The van der Waals surface area contributed by atoms with Crippen molar-refractivity contribution in [2.75, 3.05) is 19.0 Å². The summed E-state index contributed by atoms with van der Waals surface area (Å²) < 4.78 is 0.540. The van der Waals surface area contributed by atoms with E-state index in [0.29, 0.717) is 3.55 Å². The molecule has 0 fully saturated rings. The van der Waals surface area contributed by atoms with Crippen molar-refractivity contribution in [2.45, 2.75) is 24.3 Å². The van der Waals surface area contributed by atoms with Crippen LogP contribution in [0.1, 0.15) is 26.3 Å². The van der Waals surface area contributed by atoms with E-state index in [1.807, 2.05) is 11.8 Å². The average molecular weight is 330 g/mol. The molecule has 1 aromatic rings. The molecule has 1 aromatic carbocycles. The van der Waals surface area contributed by atoms with Gasteiger partial charge in [0.25, 0.3) is 0 Å². The van der Waals surface area contributed by atoms with Gasteiger partial charge in [-0.15, -0.1) is 0 Å². The first-order chi connectivity index (χ1) is 9.91. The minimum absolute atomic E-state index is 0.540. The van der Waals surface area contributed by atoms with Crippen molar-refractivity contribution in [1.29, 1.82) is 0 Å². The number of rotatable bonds is 2. The van der Waals surface area contributed by atoms with Crippen molar-refractivity contribution in [3.63, 3.8) is 0 Å². The number of hydrogen-bond donors (Lipinski definition) is 0. The zero-order valence-electron chi connectivity index (χ0n) is 13.2. The van der Waals surface area contributed by atoms with E-state index < -0.39 is 0 Å². The van der Waals surface area contributed by atoms with Gasteiger partial charge < -0.3 is 0 Å². The number of fused-ring (bicyclic) bond motifs is 1. The van der Waals surface area contributed by atoms with E-state index in [9.17, 15) is 0 Å². The predicted molar refractivity (Wildman–Crippen MR) is 90.1 cm³/mol. The first-order valence-corrected chi connectivity index (χ1v) is 8.99. The van der Waals surface area contributed by atoms with Crippen LogP contribution in [-0.4, -0.2) is 17.6 Å². The van der Waals surface area contributed by atoms with E-state index in [0.717, 1.165) is 0 Å². The first-order valence-electron chi connectivity index (χ1n) is 7.21. The van der Waals surface area contributed by atoms with Gasteiger partial charge in [0, 0.05) is 0 Å². The number of allylic oxidation sites excluding steroid dienone is 4. The van der Waals surface area contributed by atoms with Crippen molar-refractivity contribution in [1.82, 2.24) is 0 Å². The van der Waals surface area contributed by atoms with Crippen LogP contribution in [0.4, 0.5) is 5.69 Å². The standard InChI is InChI=1S/C18H20NS.Ti/c1-11-12(2)17-16(10-20-18(17)13(11)3)14-6-8-15(9-7-14)19(4)5;/h6-10H,1-5H3;. The molecule has 107 valence electrons. The van der Waals surface area contributed by atoms with Crippen molar-refractivity contribution in [3.05, 3.63) is 57.0 Å². The van der Waals surface area contributed by atoms with Gasteiger partial charge in [0.15, 0.2) is 0 Å². The van der Waals surface area contributed by atoms with Gasteiger partial charge in [-0.25, -0.2) is 0 Å². The summed E-state index contributed by atoms with van der Waals surface area (Å²) in [7, 11) is 4.17. The Morgan fingerprint density at radius 1 is 0.952 bits per heavy atom. The molecule has 0 N–H and O–H groups in total. The maximum atomic E-state index is 2.33. The summed E-state index contributed by atoms with van der Waals surface area (Å²) in [6.45, 7) is 6.79. The SMILES string of the molecule is CC1=C(C)C2=C(c3ccc(N(C)C)cc3)[CH]([Ti])SC2=C1C. The van der Waals surface area contributed by atoms with Crippen LogP contribution in [0, 0.1) is 0 Å². The van der Waals surface area contributed by atoms with Crippen LogP contribution in [0.2, 0.25) is 0 Å². The molecular weight excluding hydrogens is 310 g/mol. The van der Waals surface area contributed by atoms with Gasteiger partial charge in [-0.05, 0) is 0 Å². The molecule has 0 spiro atoms. The summed E-state index contributed by atoms with van der Waals surface area (Å²) in [5.41, 5.74) is 10.0. The third-order valence-corrected chi connectivity index (χ3v) is 6.75. The van der Waals surface area contributed by atoms with Crippen molar-refractivity contribution in [2.24, 2.45) is 0 Å². The summed E-state index contributed by atoms with van der Waals surface area (Å²) in [5, 5.41) is 0. The second-order valence-corrected chi connectivity index (χ2v) is 8.60. The van der Waals surface area contributed by atoms with E-state index in [4.69, 9.17) is 0 Å². The van der Waals surface area contributed by atoms with Crippen molar-refractivity contribution >= 4 is 23.0 Å². The maximum absolute atomic E-state index is 2.33. The van der Waals surface area contributed by atoms with E-state index in [1.54, 1.807) is 0 Å². The van der Waals surface area contributed by atoms with Crippen molar-refractivity contribution < 1.29 is 20.4 Å². The van der Waals surface area contributed by atoms with E-state index in [1.165, 1.54) is 44.0 Å². The number of hydrogen-bond acceptors (Lipinski definition) is 2. The fourth-order valence-corrected chi connectivity index (χ4v) is 5.37. The monoisotopic (exact) mass is 330 g/mol. The Hall–Kier alpha value is -0.696. The molecule has 0 saturated heterocycles. The zero-order chi connectivity index (χ0) is 15.3. The molecule has 0 aromatic heterocycles. The first kappa shape index (κ1) is 15.2. The molecule has 21 heavy (non-hydrogen) atoms. The normalized spacial score (nSPS) is 21.4. The van der Waals surface area contributed by atoms with Gasteiger partial charge in [0.05, 0.1) is 0 Å². The summed E-state index contributed by atoms with van der Waals surface area (Å²) in [5.74, 6) is 0. The summed E-state index contributed by atoms with van der Waals surface area (Å²) in [4.78, 5) is 3.65. The number of nitrogens with zero attached hydrogens (tertiary/aromatic N) is 1. The van der Waals surface area contributed by atoms with Crippen LogP contribution in [0.5, 0.6) is 0 Å². The van der Waals surface area contributed by atoms with Gasteiger partial charge >= 0.3 is 144 Å². The molecule has 2 aliphatic rings. The molecule has 1 atom stereocenters. The van der Waals surface area contributed by atoms with Crippen LogP contribution < -0.4 is 4.90 Å². The summed E-state index contributed by atoms with van der Waals surface area (Å²) in [6, 6.07) is 8.98. The van der Waals surface area contributed by atoms with Crippen molar-refractivity contribution in [3.8, 4) is 0 Å². The molecule has 1 nitrogen and oxygen atoms in total. The molecule has 0 bridgehead atoms. The molecule has 3 rings (SSSR count). The van der Waals surface area contributed by atoms with Crippen LogP contribution >= 0.6 is 11.8 Å². The molecular formula is C18H20NSTi. The Labute approximate surface area is 143 Å². The Kier molecular flexibility index (Phi) is 3.98. The third-order valence-electron chi connectivity index (χ3n) is 4.53. The molecule has 1 aliphatic heterocycles. The molecule has 1 heterocycles. The van der Waals surface area contributed by atoms with Gasteiger partial charge in [0.2, 0.25) is 0 Å². The van der Waals surface area contributed by atoms with E-state index >= 15 is 0 Å². The van der Waals surface area contributed by atoms with Gasteiger partial charge in [0.1, 0.15) is 0 Å². The average Bonchev–Trinajstić information content (AvgIpc) is 2.90. The molecule has 0 amide bonds. The summed E-state index contributed by atoms with van der Waals surface area (Å²) in [6.07, 6.45) is 0. The van der Waals surface area contributed by atoms with Gasteiger partial charge in [-0.2, -0.15) is 0 Å². The molecule has 1 aliphatic carbocycles. The number of benzene rings is 1. The van der Waals surface area contributed by atoms with E-state index in [-0.39, 0.29) is 0 Å². The molecule has 3 heteroatoms. The Bertz CT molecular complexity index is 692. The number of anilines is 1. The fraction of sp³-hybridized carbons (Fsp3) is 0.333. The Morgan fingerprint density at radius 3 is 2.14 bits per heavy atom.